The maximum Gasteiger partial charge on any atom is 0.328 e. The quantitative estimate of drug-likeness (QED) is 0.662. The van der Waals surface area contributed by atoms with Crippen LogP contribution in [0.4, 0.5) is 5.82 Å². The molecule has 4 rings (SSSR count). The Morgan fingerprint density at radius 1 is 1.16 bits per heavy atom. The van der Waals surface area contributed by atoms with Crippen LogP contribution in [0.1, 0.15) is 45.9 Å². The summed E-state index contributed by atoms with van der Waals surface area (Å²) >= 11 is 0. The van der Waals surface area contributed by atoms with Gasteiger partial charge in [-0.15, -0.1) is 0 Å². The smallest absolute Gasteiger partial charge is 0.328 e. The first-order valence-electron chi connectivity index (χ1n) is 12.0. The van der Waals surface area contributed by atoms with E-state index in [0.717, 1.165) is 61.4 Å². The highest BCUT2D eigenvalue weighted by atomic mass is 16.5. The van der Waals surface area contributed by atoms with Gasteiger partial charge in [-0.2, -0.15) is 0 Å². The van der Waals surface area contributed by atoms with Crippen molar-refractivity contribution in [3.63, 3.8) is 0 Å². The van der Waals surface area contributed by atoms with Crippen LogP contribution in [0.2, 0.25) is 0 Å². The van der Waals surface area contributed by atoms with Gasteiger partial charge in [-0.3, -0.25) is 9.80 Å². The number of nitrogens with one attached hydrogen (secondary N) is 1. The SMILES string of the molecule is COC(=O)[C@@H](Nc1nc(CN2CCN(C3CCC(C)C3)CC2)nc2ccccc12)C(C)C. The maximum atomic E-state index is 12.3. The van der Waals surface area contributed by atoms with E-state index in [1.165, 1.54) is 26.4 Å². The number of ether oxygens (including phenoxy) is 1. The first kappa shape index (κ1) is 22.9. The number of benzene rings is 1. The van der Waals surface area contributed by atoms with Gasteiger partial charge in [-0.1, -0.05) is 32.9 Å². The highest BCUT2D eigenvalue weighted by Crippen LogP contribution is 2.29. The molecule has 32 heavy (non-hydrogen) atoms. The van der Waals surface area contributed by atoms with Crippen molar-refractivity contribution in [3.05, 3.63) is 30.1 Å². The Labute approximate surface area is 191 Å². The Balaban J connectivity index is 1.48. The first-order chi connectivity index (χ1) is 15.4. The molecule has 174 valence electrons. The number of aromatic nitrogens is 2. The van der Waals surface area contributed by atoms with E-state index in [1.54, 1.807) is 0 Å². The molecule has 2 aromatic rings. The van der Waals surface area contributed by atoms with Crippen LogP contribution in [-0.4, -0.2) is 71.1 Å². The summed E-state index contributed by atoms with van der Waals surface area (Å²) in [5, 5.41) is 4.27. The lowest BCUT2D eigenvalue weighted by molar-refractivity contribution is -0.142. The molecule has 1 saturated heterocycles. The van der Waals surface area contributed by atoms with E-state index in [0.29, 0.717) is 5.82 Å². The molecule has 2 unspecified atom stereocenters. The summed E-state index contributed by atoms with van der Waals surface area (Å²) in [6.45, 7) is 11.4. The number of rotatable bonds is 7. The van der Waals surface area contributed by atoms with Crippen LogP contribution in [0.3, 0.4) is 0 Å². The number of hydrogen-bond acceptors (Lipinski definition) is 7. The van der Waals surface area contributed by atoms with Gasteiger partial charge in [0.15, 0.2) is 0 Å². The molecule has 1 aromatic heterocycles. The summed E-state index contributed by atoms with van der Waals surface area (Å²) in [5.74, 6) is 2.16. The molecule has 0 bridgehead atoms. The molecular weight excluding hydrogens is 402 g/mol. The van der Waals surface area contributed by atoms with Gasteiger partial charge >= 0.3 is 5.97 Å². The van der Waals surface area contributed by atoms with Gasteiger partial charge in [0.05, 0.1) is 19.2 Å². The second kappa shape index (κ2) is 10.1. The number of carbonyl (C=O) groups excluding carboxylic acids is 1. The molecule has 1 aliphatic carbocycles. The molecular formula is C25H37N5O2. The summed E-state index contributed by atoms with van der Waals surface area (Å²) < 4.78 is 5.01. The number of methoxy groups -OCH3 is 1. The fourth-order valence-electron chi connectivity index (χ4n) is 5.07. The number of carbonyl (C=O) groups is 1. The molecule has 2 heterocycles. The minimum absolute atomic E-state index is 0.0750. The molecule has 3 atom stereocenters. The zero-order valence-corrected chi connectivity index (χ0v) is 19.9. The van der Waals surface area contributed by atoms with E-state index >= 15 is 0 Å². The first-order valence-corrected chi connectivity index (χ1v) is 12.0. The van der Waals surface area contributed by atoms with Crippen molar-refractivity contribution < 1.29 is 9.53 Å². The molecule has 1 aromatic carbocycles. The van der Waals surface area contributed by atoms with Gasteiger partial charge in [0.2, 0.25) is 0 Å². The predicted molar refractivity (Wildman–Crippen MR) is 127 cm³/mol. The van der Waals surface area contributed by atoms with E-state index in [9.17, 15) is 4.79 Å². The van der Waals surface area contributed by atoms with Gasteiger partial charge in [0.25, 0.3) is 0 Å². The van der Waals surface area contributed by atoms with Crippen LogP contribution in [0.5, 0.6) is 0 Å². The van der Waals surface area contributed by atoms with E-state index in [2.05, 4.69) is 22.0 Å². The summed E-state index contributed by atoms with van der Waals surface area (Å²) in [7, 11) is 1.43. The minimum atomic E-state index is -0.455. The van der Waals surface area contributed by atoms with Crippen molar-refractivity contribution in [2.75, 3.05) is 38.6 Å². The Hall–Kier alpha value is -2.25. The summed E-state index contributed by atoms with van der Waals surface area (Å²) in [4.78, 5) is 27.1. The Bertz CT molecular complexity index is 926. The molecule has 7 heteroatoms. The zero-order chi connectivity index (χ0) is 22.7. The lowest BCUT2D eigenvalue weighted by Crippen LogP contribution is -2.49. The fourth-order valence-corrected chi connectivity index (χ4v) is 5.07. The molecule has 1 saturated carbocycles. The summed E-state index contributed by atoms with van der Waals surface area (Å²) in [6.07, 6.45) is 4.07. The molecule has 0 spiro atoms. The second-order valence-electron chi connectivity index (χ2n) is 9.78. The normalized spacial score (nSPS) is 23.5. The van der Waals surface area contributed by atoms with E-state index in [-0.39, 0.29) is 11.9 Å². The number of anilines is 1. The third-order valence-corrected chi connectivity index (χ3v) is 7.02. The monoisotopic (exact) mass is 439 g/mol. The minimum Gasteiger partial charge on any atom is -0.467 e. The molecule has 2 aliphatic rings. The molecule has 0 amide bonds. The van der Waals surface area contributed by atoms with E-state index in [1.807, 2.05) is 38.1 Å². The maximum absolute atomic E-state index is 12.3. The van der Waals surface area contributed by atoms with Crippen molar-refractivity contribution in [1.82, 2.24) is 19.8 Å². The van der Waals surface area contributed by atoms with Crippen molar-refractivity contribution in [3.8, 4) is 0 Å². The van der Waals surface area contributed by atoms with Crippen LogP contribution in [-0.2, 0) is 16.1 Å². The van der Waals surface area contributed by atoms with Crippen molar-refractivity contribution in [2.24, 2.45) is 11.8 Å². The van der Waals surface area contributed by atoms with Gasteiger partial charge in [-0.25, -0.2) is 14.8 Å². The Morgan fingerprint density at radius 2 is 1.91 bits per heavy atom. The number of esters is 1. The number of nitrogens with zero attached hydrogens (tertiary/aromatic N) is 4. The fraction of sp³-hybridized carbons (Fsp3) is 0.640. The van der Waals surface area contributed by atoms with E-state index in [4.69, 9.17) is 14.7 Å². The second-order valence-corrected chi connectivity index (χ2v) is 9.78. The standard InChI is InChI=1S/C25H37N5O2/c1-17(2)23(25(31)32-4)28-24-20-7-5-6-8-21(20)26-22(27-24)16-29-11-13-30(14-12-29)19-10-9-18(3)15-19/h5-8,17-19,23H,9-16H2,1-4H3,(H,26,27,28)/t18?,19?,23-/m0/s1. The lowest BCUT2D eigenvalue weighted by atomic mass is 10.0. The molecule has 1 aliphatic heterocycles. The number of piperazine rings is 1. The van der Waals surface area contributed by atoms with Crippen LogP contribution in [0, 0.1) is 11.8 Å². The van der Waals surface area contributed by atoms with Crippen LogP contribution < -0.4 is 5.32 Å². The van der Waals surface area contributed by atoms with Crippen molar-refractivity contribution in [1.29, 1.82) is 0 Å². The topological polar surface area (TPSA) is 70.6 Å². The summed E-state index contributed by atoms with van der Waals surface area (Å²) in [5.41, 5.74) is 0.894. The molecule has 1 N–H and O–H groups in total. The molecule has 7 nitrogen and oxygen atoms in total. The van der Waals surface area contributed by atoms with Gasteiger partial charge in [0, 0.05) is 37.6 Å². The van der Waals surface area contributed by atoms with Gasteiger partial charge in [-0.05, 0) is 43.2 Å². The number of hydrogen-bond donors (Lipinski definition) is 1. The largest absolute Gasteiger partial charge is 0.467 e. The van der Waals surface area contributed by atoms with Crippen molar-refractivity contribution >= 4 is 22.7 Å². The Morgan fingerprint density at radius 3 is 2.56 bits per heavy atom. The lowest BCUT2D eigenvalue weighted by Gasteiger charge is -2.38. The third kappa shape index (κ3) is 5.21. The van der Waals surface area contributed by atoms with Crippen molar-refractivity contribution in [2.45, 2.75) is 58.7 Å². The summed E-state index contributed by atoms with van der Waals surface area (Å²) in [6, 6.07) is 8.28. The van der Waals surface area contributed by atoms with Crippen LogP contribution >= 0.6 is 0 Å². The zero-order valence-electron chi connectivity index (χ0n) is 19.9. The number of fused-ring (bicyclic) bond motifs is 1. The van der Waals surface area contributed by atoms with E-state index < -0.39 is 6.04 Å². The number of para-hydroxylation sites is 1. The van der Waals surface area contributed by atoms with Gasteiger partial charge in [0.1, 0.15) is 17.7 Å². The average molecular weight is 440 g/mol. The highest BCUT2D eigenvalue weighted by Gasteiger charge is 2.30. The third-order valence-electron chi connectivity index (χ3n) is 7.02. The Kier molecular flexibility index (Phi) is 7.26. The van der Waals surface area contributed by atoms with Crippen LogP contribution in [0.15, 0.2) is 24.3 Å². The highest BCUT2D eigenvalue weighted by molar-refractivity contribution is 5.91. The van der Waals surface area contributed by atoms with Crippen LogP contribution in [0.25, 0.3) is 10.9 Å². The molecule has 0 radical (unpaired) electrons. The predicted octanol–water partition coefficient (Wildman–Crippen LogP) is 3.55. The molecule has 2 fully saturated rings. The van der Waals surface area contributed by atoms with Gasteiger partial charge < -0.3 is 10.1 Å². The average Bonchev–Trinajstić information content (AvgIpc) is 3.23.